The average molecular weight is 640 g/mol. The Kier molecular flexibility index (Phi) is 4.64. The minimum atomic E-state index is -2.64. The van der Waals surface area contributed by atoms with Crippen molar-refractivity contribution < 1.29 is 0 Å². The van der Waals surface area contributed by atoms with Crippen LogP contribution in [0.25, 0.3) is 0 Å². The molecule has 1 aliphatic heterocycles. The van der Waals surface area contributed by atoms with Gasteiger partial charge in [-0.25, -0.2) is 0 Å². The first-order valence-corrected chi connectivity index (χ1v) is 20.4. The molecule has 0 saturated heterocycles. The predicted molar refractivity (Wildman–Crippen MR) is 104 cm³/mol. The molecule has 0 amide bonds. The quantitative estimate of drug-likeness (QED) is 0.396. The van der Waals surface area contributed by atoms with Gasteiger partial charge in [-0.15, -0.1) is 0 Å². The summed E-state index contributed by atoms with van der Waals surface area (Å²) in [6, 6.07) is 13.1. The van der Waals surface area contributed by atoms with Crippen LogP contribution in [0.5, 0.6) is 0 Å². The summed E-state index contributed by atoms with van der Waals surface area (Å²) in [6.07, 6.45) is 0. The molecule has 0 fully saturated rings. The van der Waals surface area contributed by atoms with Crippen molar-refractivity contribution in [2.75, 3.05) is 11.4 Å². The molecule has 0 aliphatic carbocycles. The molecule has 6 heteroatoms. The number of rotatable bonds is 1. The third-order valence-corrected chi connectivity index (χ3v) is 18.7. The number of halogens is 4. The Bertz CT molecular complexity index is 631. The average Bonchev–Trinajstić information content (AvgIpc) is 2.41. The molecule has 0 saturated carbocycles. The topological polar surface area (TPSA) is 3.24 Å². The molecule has 3 rings (SSSR count). The van der Waals surface area contributed by atoms with Crippen LogP contribution in [0.15, 0.2) is 45.3 Å². The summed E-state index contributed by atoms with van der Waals surface area (Å²) in [5, 5.41) is 0. The monoisotopic (exact) mass is 639 g/mol. The number of nitrogens with zero attached hydrogens (tertiary/aromatic N) is 1. The van der Waals surface area contributed by atoms with Gasteiger partial charge in [-0.1, -0.05) is 0 Å². The van der Waals surface area contributed by atoms with Crippen molar-refractivity contribution in [1.82, 2.24) is 0 Å². The SMILES string of the molecule is CCN1c2ccc(Br)cc2[Te](Br)(Br)c2cc(Br)ccc21. The van der Waals surface area contributed by atoms with Crippen LogP contribution < -0.4 is 12.1 Å². The maximum absolute atomic E-state index is 4.05. The fraction of sp³-hybridized carbons (Fsp3) is 0.143. The second kappa shape index (κ2) is 5.86. The van der Waals surface area contributed by atoms with E-state index < -0.39 is 13.8 Å². The third kappa shape index (κ3) is 2.55. The van der Waals surface area contributed by atoms with E-state index in [9.17, 15) is 0 Å². The Morgan fingerprint density at radius 3 is 1.75 bits per heavy atom. The summed E-state index contributed by atoms with van der Waals surface area (Å²) in [4.78, 5) is 2.39. The summed E-state index contributed by atoms with van der Waals surface area (Å²) in [5.74, 6) is 0. The van der Waals surface area contributed by atoms with E-state index in [1.165, 1.54) is 18.6 Å². The van der Waals surface area contributed by atoms with Gasteiger partial charge in [-0.2, -0.15) is 0 Å². The molecule has 0 atom stereocenters. The van der Waals surface area contributed by atoms with Crippen molar-refractivity contribution in [3.63, 3.8) is 0 Å². The molecule has 1 heterocycles. The molecular formula is C14H11Br4NTe. The summed E-state index contributed by atoms with van der Waals surface area (Å²) in [6.45, 7) is 3.16. The number of anilines is 2. The molecule has 1 nitrogen and oxygen atoms in total. The molecule has 1 aliphatic rings. The van der Waals surface area contributed by atoms with Gasteiger partial charge in [0.2, 0.25) is 0 Å². The standard InChI is InChI=1S/C14H11Br4NTe/c1-2-19-11-5-3-9(15)7-13(11)20(17,18)14-8-10(16)4-6-12(14)19/h3-8H,2H2,1H3. The predicted octanol–water partition coefficient (Wildman–Crippen LogP) is 5.03. The van der Waals surface area contributed by atoms with Crippen LogP contribution in [0.4, 0.5) is 11.4 Å². The fourth-order valence-corrected chi connectivity index (χ4v) is 15.8. The van der Waals surface area contributed by atoms with Crippen LogP contribution >= 0.6 is 57.4 Å². The molecule has 2 aromatic carbocycles. The molecule has 20 heavy (non-hydrogen) atoms. The van der Waals surface area contributed by atoms with E-state index in [1.54, 1.807) is 0 Å². The molecule has 0 radical (unpaired) electrons. The van der Waals surface area contributed by atoms with E-state index in [4.69, 9.17) is 0 Å². The molecule has 0 bridgehead atoms. The van der Waals surface area contributed by atoms with Gasteiger partial charge in [0.15, 0.2) is 0 Å². The fourth-order valence-electron chi connectivity index (χ4n) is 2.42. The molecule has 2 aromatic rings. The number of fused-ring (bicyclic) bond motifs is 2. The van der Waals surface area contributed by atoms with E-state index in [2.05, 4.69) is 106 Å². The van der Waals surface area contributed by atoms with Crippen LogP contribution in [-0.2, 0) is 0 Å². The molecule has 106 valence electrons. The van der Waals surface area contributed by atoms with Gasteiger partial charge in [0.05, 0.1) is 0 Å². The summed E-state index contributed by atoms with van der Waals surface area (Å²) >= 11 is 12.7. The van der Waals surface area contributed by atoms with Crippen LogP contribution in [0.2, 0.25) is 0 Å². The zero-order valence-corrected chi connectivity index (χ0v) is 19.2. The van der Waals surface area contributed by atoms with E-state index in [0.717, 1.165) is 15.5 Å². The van der Waals surface area contributed by atoms with Gasteiger partial charge in [0.25, 0.3) is 0 Å². The first-order valence-electron chi connectivity index (χ1n) is 6.04. The maximum atomic E-state index is 4.05. The van der Waals surface area contributed by atoms with Gasteiger partial charge in [0, 0.05) is 0 Å². The van der Waals surface area contributed by atoms with Gasteiger partial charge in [0.1, 0.15) is 0 Å². The summed E-state index contributed by atoms with van der Waals surface area (Å²) in [7, 11) is 0. The first kappa shape index (κ1) is 15.8. The third-order valence-electron chi connectivity index (χ3n) is 3.29. The normalized spacial score (nSPS) is 17.4. The molecule has 0 aromatic heterocycles. The van der Waals surface area contributed by atoms with Crippen LogP contribution in [0.3, 0.4) is 0 Å². The number of hydrogen-bond donors (Lipinski definition) is 0. The van der Waals surface area contributed by atoms with Crippen molar-refractivity contribution in [1.29, 1.82) is 0 Å². The van der Waals surface area contributed by atoms with Crippen molar-refractivity contribution in [2.45, 2.75) is 6.92 Å². The minimum absolute atomic E-state index is 0.960. The molecular weight excluding hydrogens is 629 g/mol. The zero-order valence-electron chi connectivity index (χ0n) is 10.5. The van der Waals surface area contributed by atoms with Crippen molar-refractivity contribution >= 4 is 89.7 Å². The Morgan fingerprint density at radius 2 is 1.35 bits per heavy atom. The summed E-state index contributed by atoms with van der Waals surface area (Å²) in [5.41, 5.74) is 2.61. The van der Waals surface area contributed by atoms with E-state index in [-0.39, 0.29) is 0 Å². The van der Waals surface area contributed by atoms with Crippen LogP contribution in [0, 0.1) is 0 Å². The summed E-state index contributed by atoms with van der Waals surface area (Å²) < 4.78 is 5.05. The van der Waals surface area contributed by atoms with Gasteiger partial charge in [-0.05, 0) is 0 Å². The first-order chi connectivity index (χ1) is 9.45. The molecule has 0 N–H and O–H groups in total. The van der Waals surface area contributed by atoms with Crippen molar-refractivity contribution in [3.05, 3.63) is 45.3 Å². The number of hydrogen-bond acceptors (Lipinski definition) is 1. The second-order valence-corrected chi connectivity index (χ2v) is 30.3. The second-order valence-electron chi connectivity index (χ2n) is 4.44. The molecule has 0 spiro atoms. The molecule has 0 unspecified atom stereocenters. The Hall–Kier alpha value is 0.950. The Labute approximate surface area is 151 Å². The van der Waals surface area contributed by atoms with E-state index in [0.29, 0.717) is 0 Å². The zero-order chi connectivity index (χ0) is 14.5. The van der Waals surface area contributed by atoms with E-state index in [1.807, 2.05) is 0 Å². The van der Waals surface area contributed by atoms with Gasteiger partial charge in [-0.3, -0.25) is 0 Å². The van der Waals surface area contributed by atoms with Gasteiger partial charge >= 0.3 is 153 Å². The van der Waals surface area contributed by atoms with Crippen LogP contribution in [0.1, 0.15) is 6.92 Å². The van der Waals surface area contributed by atoms with Gasteiger partial charge < -0.3 is 0 Å². The number of benzene rings is 2. The van der Waals surface area contributed by atoms with Crippen molar-refractivity contribution in [2.24, 2.45) is 0 Å². The van der Waals surface area contributed by atoms with E-state index >= 15 is 0 Å². The Balaban J connectivity index is 2.33. The van der Waals surface area contributed by atoms with Crippen LogP contribution in [-0.4, -0.2) is 20.3 Å². The Morgan fingerprint density at radius 1 is 0.900 bits per heavy atom. The van der Waals surface area contributed by atoms with Crippen molar-refractivity contribution in [3.8, 4) is 0 Å².